The second-order valence-corrected chi connectivity index (χ2v) is 3.71. The zero-order valence-electron chi connectivity index (χ0n) is 8.54. The van der Waals surface area contributed by atoms with Crippen molar-refractivity contribution in [1.82, 2.24) is 5.48 Å². The van der Waals surface area contributed by atoms with Crippen LogP contribution in [-0.2, 0) is 10.4 Å². The Labute approximate surface area is 84.0 Å². The second-order valence-electron chi connectivity index (χ2n) is 3.71. The van der Waals surface area contributed by atoms with Crippen LogP contribution in [0.3, 0.4) is 0 Å². The molecule has 14 heavy (non-hydrogen) atoms. The predicted octanol–water partition coefficient (Wildman–Crippen LogP) is 1.84. The fourth-order valence-electron chi connectivity index (χ4n) is 1.71. The molecule has 2 rings (SSSR count). The van der Waals surface area contributed by atoms with Crippen molar-refractivity contribution in [1.29, 1.82) is 0 Å². The molecule has 1 aliphatic rings. The maximum atomic E-state index is 5.52. The summed E-state index contributed by atoms with van der Waals surface area (Å²) in [7, 11) is 1.68. The lowest BCUT2D eigenvalue weighted by Crippen LogP contribution is -2.22. The highest BCUT2D eigenvalue weighted by atomic mass is 16.7. The smallest absolute Gasteiger partial charge is 0.119 e. The van der Waals surface area contributed by atoms with E-state index >= 15 is 0 Å². The molecule has 1 unspecified atom stereocenters. The van der Waals surface area contributed by atoms with Gasteiger partial charge in [-0.25, -0.2) is 5.48 Å². The molecular weight excluding hydrogens is 178 g/mol. The number of rotatable bonds is 2. The second kappa shape index (κ2) is 3.59. The minimum atomic E-state index is -0.214. The van der Waals surface area contributed by atoms with E-state index in [2.05, 4.69) is 18.5 Å². The Morgan fingerprint density at radius 1 is 1.50 bits per heavy atom. The van der Waals surface area contributed by atoms with Crippen molar-refractivity contribution in [3.8, 4) is 5.75 Å². The lowest BCUT2D eigenvalue weighted by molar-refractivity contribution is -0.0442. The van der Waals surface area contributed by atoms with Gasteiger partial charge in [0.2, 0.25) is 0 Å². The van der Waals surface area contributed by atoms with Gasteiger partial charge in [0, 0.05) is 6.54 Å². The summed E-state index contributed by atoms with van der Waals surface area (Å²) < 4.78 is 5.18. The first-order chi connectivity index (χ1) is 6.74. The van der Waals surface area contributed by atoms with Crippen LogP contribution in [0.15, 0.2) is 24.3 Å². The van der Waals surface area contributed by atoms with Gasteiger partial charge in [-0.1, -0.05) is 12.1 Å². The van der Waals surface area contributed by atoms with Crippen molar-refractivity contribution >= 4 is 0 Å². The Morgan fingerprint density at radius 2 is 2.36 bits per heavy atom. The topological polar surface area (TPSA) is 30.5 Å². The van der Waals surface area contributed by atoms with Gasteiger partial charge >= 0.3 is 0 Å². The summed E-state index contributed by atoms with van der Waals surface area (Å²) in [5.41, 5.74) is 3.85. The van der Waals surface area contributed by atoms with Crippen LogP contribution >= 0.6 is 0 Å². The van der Waals surface area contributed by atoms with Crippen LogP contribution in [0.5, 0.6) is 5.75 Å². The first kappa shape index (κ1) is 9.49. The largest absolute Gasteiger partial charge is 0.497 e. The van der Waals surface area contributed by atoms with E-state index in [1.807, 2.05) is 18.2 Å². The molecule has 0 spiro atoms. The van der Waals surface area contributed by atoms with Gasteiger partial charge < -0.3 is 4.74 Å². The summed E-state index contributed by atoms with van der Waals surface area (Å²) in [6.07, 6.45) is 0.986. The molecule has 0 bridgehead atoms. The molecule has 0 radical (unpaired) electrons. The number of nitrogens with one attached hydrogen (secondary N) is 1. The molecule has 0 saturated carbocycles. The first-order valence-electron chi connectivity index (χ1n) is 4.80. The molecule has 1 atom stereocenters. The van der Waals surface area contributed by atoms with Gasteiger partial charge in [-0.2, -0.15) is 0 Å². The quantitative estimate of drug-likeness (QED) is 0.777. The third-order valence-electron chi connectivity index (χ3n) is 2.68. The highest BCUT2D eigenvalue weighted by Gasteiger charge is 2.32. The van der Waals surface area contributed by atoms with Gasteiger partial charge in [0.05, 0.1) is 7.11 Å². The van der Waals surface area contributed by atoms with Crippen molar-refractivity contribution in [3.63, 3.8) is 0 Å². The Morgan fingerprint density at radius 3 is 3.00 bits per heavy atom. The average molecular weight is 193 g/mol. The molecule has 1 aromatic rings. The molecule has 1 N–H and O–H groups in total. The van der Waals surface area contributed by atoms with Crippen molar-refractivity contribution in [2.24, 2.45) is 0 Å². The van der Waals surface area contributed by atoms with Gasteiger partial charge in [-0.3, -0.25) is 4.84 Å². The van der Waals surface area contributed by atoms with Crippen LogP contribution in [0.1, 0.15) is 18.9 Å². The minimum Gasteiger partial charge on any atom is -0.497 e. The maximum absolute atomic E-state index is 5.52. The van der Waals surface area contributed by atoms with E-state index in [9.17, 15) is 0 Å². The molecule has 0 aromatic heterocycles. The van der Waals surface area contributed by atoms with Gasteiger partial charge in [-0.05, 0) is 31.0 Å². The first-order valence-corrected chi connectivity index (χ1v) is 4.80. The standard InChI is InChI=1S/C11H15NO2/c1-11(6-7-12-14-11)9-4-3-5-10(8-9)13-2/h3-5,8,12H,6-7H2,1-2H3. The Balaban J connectivity index is 2.30. The highest BCUT2D eigenvalue weighted by Crippen LogP contribution is 2.32. The van der Waals surface area contributed by atoms with E-state index in [1.165, 1.54) is 0 Å². The number of methoxy groups -OCH3 is 1. The molecule has 76 valence electrons. The normalized spacial score (nSPS) is 26.4. The molecular formula is C11H15NO2. The lowest BCUT2D eigenvalue weighted by atomic mass is 9.93. The SMILES string of the molecule is COc1cccc(C2(C)CCNO2)c1. The van der Waals surface area contributed by atoms with E-state index in [4.69, 9.17) is 9.57 Å². The van der Waals surface area contributed by atoms with Crippen molar-refractivity contribution in [3.05, 3.63) is 29.8 Å². The van der Waals surface area contributed by atoms with Crippen LogP contribution in [0.25, 0.3) is 0 Å². The van der Waals surface area contributed by atoms with E-state index in [0.717, 1.165) is 24.3 Å². The van der Waals surface area contributed by atoms with Gasteiger partial charge in [0.1, 0.15) is 11.4 Å². The molecule has 1 saturated heterocycles. The highest BCUT2D eigenvalue weighted by molar-refractivity contribution is 5.32. The van der Waals surface area contributed by atoms with E-state index < -0.39 is 0 Å². The molecule has 3 heteroatoms. The maximum Gasteiger partial charge on any atom is 0.119 e. The fourth-order valence-corrected chi connectivity index (χ4v) is 1.71. The van der Waals surface area contributed by atoms with Gasteiger partial charge in [-0.15, -0.1) is 0 Å². The summed E-state index contributed by atoms with van der Waals surface area (Å²) in [5.74, 6) is 0.874. The molecule has 1 heterocycles. The van der Waals surface area contributed by atoms with Crippen molar-refractivity contribution < 1.29 is 9.57 Å². The van der Waals surface area contributed by atoms with E-state index in [0.29, 0.717) is 0 Å². The van der Waals surface area contributed by atoms with Crippen LogP contribution in [0.4, 0.5) is 0 Å². The number of hydroxylamine groups is 1. The summed E-state index contributed by atoms with van der Waals surface area (Å²) in [6.45, 7) is 2.98. The average Bonchev–Trinajstić information content (AvgIpc) is 2.67. The van der Waals surface area contributed by atoms with Crippen LogP contribution in [0, 0.1) is 0 Å². The third-order valence-corrected chi connectivity index (χ3v) is 2.68. The van der Waals surface area contributed by atoms with Crippen LogP contribution in [0.2, 0.25) is 0 Å². The summed E-state index contributed by atoms with van der Waals surface area (Å²) in [5, 5.41) is 0. The number of hydrogen-bond acceptors (Lipinski definition) is 3. The summed E-state index contributed by atoms with van der Waals surface area (Å²) >= 11 is 0. The van der Waals surface area contributed by atoms with Gasteiger partial charge in [0.15, 0.2) is 0 Å². The van der Waals surface area contributed by atoms with E-state index in [-0.39, 0.29) is 5.60 Å². The zero-order chi connectivity index (χ0) is 10.0. The number of hydrogen-bond donors (Lipinski definition) is 1. The Bertz CT molecular complexity index is 319. The number of ether oxygens (including phenoxy) is 1. The van der Waals surface area contributed by atoms with Crippen LogP contribution < -0.4 is 10.2 Å². The third kappa shape index (κ3) is 1.61. The zero-order valence-corrected chi connectivity index (χ0v) is 8.54. The molecule has 1 fully saturated rings. The van der Waals surface area contributed by atoms with Crippen molar-refractivity contribution in [2.75, 3.05) is 13.7 Å². The molecule has 1 aromatic carbocycles. The molecule has 0 aliphatic carbocycles. The number of benzene rings is 1. The molecule has 1 aliphatic heterocycles. The lowest BCUT2D eigenvalue weighted by Gasteiger charge is -2.22. The summed E-state index contributed by atoms with van der Waals surface area (Å²) in [6, 6.07) is 8.01. The van der Waals surface area contributed by atoms with Crippen molar-refractivity contribution in [2.45, 2.75) is 18.9 Å². The Kier molecular flexibility index (Phi) is 2.44. The van der Waals surface area contributed by atoms with Crippen LogP contribution in [-0.4, -0.2) is 13.7 Å². The molecule has 3 nitrogen and oxygen atoms in total. The fraction of sp³-hybridized carbons (Fsp3) is 0.455. The minimum absolute atomic E-state index is 0.214. The molecule has 0 amide bonds. The predicted molar refractivity (Wildman–Crippen MR) is 54.1 cm³/mol. The van der Waals surface area contributed by atoms with Gasteiger partial charge in [0.25, 0.3) is 0 Å². The Hall–Kier alpha value is -1.06. The summed E-state index contributed by atoms with van der Waals surface area (Å²) in [4.78, 5) is 5.52. The van der Waals surface area contributed by atoms with E-state index in [1.54, 1.807) is 7.11 Å². The monoisotopic (exact) mass is 193 g/mol.